The third-order valence-electron chi connectivity index (χ3n) is 2.56. The first kappa shape index (κ1) is 11.8. The zero-order chi connectivity index (χ0) is 10.9. The van der Waals surface area contributed by atoms with Crippen molar-refractivity contribution in [1.29, 1.82) is 0 Å². The Morgan fingerprint density at radius 1 is 1.00 bits per heavy atom. The smallest absolute Gasteiger partial charge is 0.308 e. The van der Waals surface area contributed by atoms with E-state index in [9.17, 15) is 4.79 Å². The van der Waals surface area contributed by atoms with Crippen molar-refractivity contribution in [3.05, 3.63) is 36.4 Å². The Bertz CT molecular complexity index is 236. The predicted molar refractivity (Wildman–Crippen MR) is 60.4 cm³/mol. The number of ether oxygens (including phenoxy) is 1. The van der Waals surface area contributed by atoms with Gasteiger partial charge < -0.3 is 4.74 Å². The van der Waals surface area contributed by atoms with E-state index < -0.39 is 0 Å². The minimum Gasteiger partial charge on any atom is -0.469 e. The van der Waals surface area contributed by atoms with Crippen molar-refractivity contribution in [3.8, 4) is 0 Å². The average molecular weight is 206 g/mol. The van der Waals surface area contributed by atoms with E-state index in [0.29, 0.717) is 0 Å². The number of rotatable bonds is 1. The first-order valence-corrected chi connectivity index (χ1v) is 5.42. The number of methoxy groups -OCH3 is 1. The second kappa shape index (κ2) is 7.04. The molecule has 0 amide bonds. The number of carbonyl (C=O) groups excluding carboxylic acids is 1. The Hall–Kier alpha value is -1.31. The van der Waals surface area contributed by atoms with Crippen molar-refractivity contribution < 1.29 is 9.53 Å². The molecule has 0 heterocycles. The molecule has 0 atom stereocenters. The second-order valence-electron chi connectivity index (χ2n) is 3.66. The summed E-state index contributed by atoms with van der Waals surface area (Å²) >= 11 is 0. The van der Waals surface area contributed by atoms with E-state index in [2.05, 4.69) is 4.74 Å². The van der Waals surface area contributed by atoms with Gasteiger partial charge in [-0.3, -0.25) is 4.79 Å². The highest BCUT2D eigenvalue weighted by atomic mass is 16.5. The molecule has 0 unspecified atom stereocenters. The van der Waals surface area contributed by atoms with Crippen LogP contribution >= 0.6 is 0 Å². The minimum absolute atomic E-state index is 0.0208. The molecule has 1 saturated carbocycles. The van der Waals surface area contributed by atoms with Crippen LogP contribution in [0.5, 0.6) is 0 Å². The molecule has 0 spiro atoms. The number of esters is 1. The third-order valence-corrected chi connectivity index (χ3v) is 2.56. The monoisotopic (exact) mass is 206 g/mol. The lowest BCUT2D eigenvalue weighted by Crippen LogP contribution is -2.11. The van der Waals surface area contributed by atoms with Crippen LogP contribution in [0.15, 0.2) is 36.4 Å². The van der Waals surface area contributed by atoms with Gasteiger partial charge in [0.2, 0.25) is 0 Å². The van der Waals surface area contributed by atoms with Gasteiger partial charge in [-0.2, -0.15) is 0 Å². The van der Waals surface area contributed by atoms with Gasteiger partial charge in [0.1, 0.15) is 0 Å². The van der Waals surface area contributed by atoms with Crippen molar-refractivity contribution >= 4 is 5.97 Å². The molecule has 0 N–H and O–H groups in total. The van der Waals surface area contributed by atoms with Crippen LogP contribution in [0.25, 0.3) is 0 Å². The maximum atomic E-state index is 10.8. The molecular weight excluding hydrogens is 188 g/mol. The molecule has 1 aliphatic carbocycles. The molecular formula is C13H18O2. The number of carbonyl (C=O) groups is 1. The van der Waals surface area contributed by atoms with Gasteiger partial charge in [0, 0.05) is 0 Å². The zero-order valence-electron chi connectivity index (χ0n) is 9.19. The van der Waals surface area contributed by atoms with E-state index in [1.165, 1.54) is 20.0 Å². The molecule has 1 aromatic carbocycles. The van der Waals surface area contributed by atoms with Crippen molar-refractivity contribution in [2.45, 2.75) is 25.7 Å². The minimum atomic E-state index is -0.0208. The fraction of sp³-hybridized carbons (Fsp3) is 0.462. The highest BCUT2D eigenvalue weighted by molar-refractivity contribution is 5.72. The summed E-state index contributed by atoms with van der Waals surface area (Å²) in [5, 5.41) is 0. The molecule has 2 nitrogen and oxygen atoms in total. The number of hydrogen-bond donors (Lipinski definition) is 0. The summed E-state index contributed by atoms with van der Waals surface area (Å²) in [6.45, 7) is 0. The van der Waals surface area contributed by atoms with Crippen LogP contribution in [0.1, 0.15) is 25.7 Å². The van der Waals surface area contributed by atoms with Crippen molar-refractivity contribution in [2.75, 3.05) is 7.11 Å². The largest absolute Gasteiger partial charge is 0.469 e. The zero-order valence-corrected chi connectivity index (χ0v) is 9.19. The molecule has 0 aromatic heterocycles. The van der Waals surface area contributed by atoms with Gasteiger partial charge in [-0.05, 0) is 12.8 Å². The fourth-order valence-electron chi connectivity index (χ4n) is 1.71. The van der Waals surface area contributed by atoms with E-state index in [1.54, 1.807) is 0 Å². The van der Waals surface area contributed by atoms with Crippen LogP contribution in [0.4, 0.5) is 0 Å². The van der Waals surface area contributed by atoms with E-state index >= 15 is 0 Å². The number of benzene rings is 1. The lowest BCUT2D eigenvalue weighted by Gasteiger charge is -2.03. The van der Waals surface area contributed by atoms with Gasteiger partial charge in [-0.25, -0.2) is 0 Å². The molecule has 2 heteroatoms. The van der Waals surface area contributed by atoms with E-state index in [1.807, 2.05) is 36.4 Å². The molecule has 0 radical (unpaired) electrons. The Kier molecular flexibility index (Phi) is 5.52. The SMILES string of the molecule is COC(=O)C1CCCC1.c1ccccc1. The Labute approximate surface area is 91.3 Å². The Balaban J connectivity index is 0.000000162. The summed E-state index contributed by atoms with van der Waals surface area (Å²) in [6, 6.07) is 12.0. The maximum Gasteiger partial charge on any atom is 0.308 e. The summed E-state index contributed by atoms with van der Waals surface area (Å²) in [5.41, 5.74) is 0. The molecule has 1 fully saturated rings. The van der Waals surface area contributed by atoms with E-state index in [-0.39, 0.29) is 11.9 Å². The fourth-order valence-corrected chi connectivity index (χ4v) is 1.71. The van der Waals surface area contributed by atoms with E-state index in [4.69, 9.17) is 0 Å². The highest BCUT2D eigenvalue weighted by Crippen LogP contribution is 2.25. The normalized spacial score (nSPS) is 15.3. The molecule has 82 valence electrons. The van der Waals surface area contributed by atoms with Crippen LogP contribution in [0, 0.1) is 5.92 Å². The van der Waals surface area contributed by atoms with Crippen LogP contribution in [0.2, 0.25) is 0 Å². The maximum absolute atomic E-state index is 10.8. The second-order valence-corrected chi connectivity index (χ2v) is 3.66. The van der Waals surface area contributed by atoms with Gasteiger partial charge in [-0.15, -0.1) is 0 Å². The van der Waals surface area contributed by atoms with Crippen molar-refractivity contribution in [3.63, 3.8) is 0 Å². The first-order chi connectivity index (χ1) is 7.34. The van der Waals surface area contributed by atoms with Crippen molar-refractivity contribution in [1.82, 2.24) is 0 Å². The summed E-state index contributed by atoms with van der Waals surface area (Å²) in [7, 11) is 1.46. The highest BCUT2D eigenvalue weighted by Gasteiger charge is 2.22. The van der Waals surface area contributed by atoms with Gasteiger partial charge in [-0.1, -0.05) is 49.2 Å². The Morgan fingerprint density at radius 3 is 1.73 bits per heavy atom. The average Bonchev–Trinajstić information content (AvgIpc) is 2.85. The first-order valence-electron chi connectivity index (χ1n) is 5.42. The lowest BCUT2D eigenvalue weighted by atomic mass is 10.1. The quantitative estimate of drug-likeness (QED) is 0.660. The predicted octanol–water partition coefficient (Wildman–Crippen LogP) is 3.04. The van der Waals surface area contributed by atoms with Gasteiger partial charge >= 0.3 is 5.97 Å². The Morgan fingerprint density at radius 2 is 1.40 bits per heavy atom. The standard InChI is InChI=1S/C7H12O2.C6H6/c1-9-7(8)6-4-2-3-5-6;1-2-4-6-5-3-1/h6H,2-5H2,1H3;1-6H. The van der Waals surface area contributed by atoms with Crippen molar-refractivity contribution in [2.24, 2.45) is 5.92 Å². The summed E-state index contributed by atoms with van der Waals surface area (Å²) < 4.78 is 4.60. The molecule has 1 aromatic rings. The topological polar surface area (TPSA) is 26.3 Å². The van der Waals surface area contributed by atoms with E-state index in [0.717, 1.165) is 12.8 Å². The molecule has 15 heavy (non-hydrogen) atoms. The van der Waals surface area contributed by atoms with Crippen LogP contribution in [0.3, 0.4) is 0 Å². The van der Waals surface area contributed by atoms with Gasteiger partial charge in [0.05, 0.1) is 13.0 Å². The molecule has 0 bridgehead atoms. The molecule has 2 rings (SSSR count). The summed E-state index contributed by atoms with van der Waals surface area (Å²) in [5.74, 6) is 0.197. The van der Waals surface area contributed by atoms with Crippen LogP contribution in [-0.4, -0.2) is 13.1 Å². The van der Waals surface area contributed by atoms with Crippen LogP contribution < -0.4 is 0 Å². The number of hydrogen-bond acceptors (Lipinski definition) is 2. The van der Waals surface area contributed by atoms with Crippen LogP contribution in [-0.2, 0) is 9.53 Å². The summed E-state index contributed by atoms with van der Waals surface area (Å²) in [4.78, 5) is 10.8. The lowest BCUT2D eigenvalue weighted by molar-refractivity contribution is -0.145. The third kappa shape index (κ3) is 4.63. The molecule has 1 aliphatic rings. The molecule has 0 aliphatic heterocycles. The summed E-state index contributed by atoms with van der Waals surface area (Å²) in [6.07, 6.45) is 4.46. The van der Waals surface area contributed by atoms with Gasteiger partial charge in [0.15, 0.2) is 0 Å². The van der Waals surface area contributed by atoms with Gasteiger partial charge in [0.25, 0.3) is 0 Å². The molecule has 0 saturated heterocycles.